The van der Waals surface area contributed by atoms with Gasteiger partial charge in [0.1, 0.15) is 39.3 Å². The van der Waals surface area contributed by atoms with Gasteiger partial charge in [-0.25, -0.2) is 18.6 Å². The van der Waals surface area contributed by atoms with Gasteiger partial charge in [0.25, 0.3) is 10.1 Å². The summed E-state index contributed by atoms with van der Waals surface area (Å²) in [7, 11) is -6.62. The number of thiophene rings is 2. The summed E-state index contributed by atoms with van der Waals surface area (Å²) in [6, 6.07) is 10.1. The largest absolute Gasteiger partial charge is 0.481 e. The first-order valence-electron chi connectivity index (χ1n) is 17.1. The lowest BCUT2D eigenvalue weighted by Crippen LogP contribution is -2.46. The number of benzene rings is 3. The van der Waals surface area contributed by atoms with E-state index < -0.39 is 70.0 Å². The lowest BCUT2D eigenvalue weighted by atomic mass is 9.83. The molecule has 3 aliphatic heterocycles. The molecule has 59 heavy (non-hydrogen) atoms. The fourth-order valence-electron chi connectivity index (χ4n) is 7.68. The Morgan fingerprint density at radius 3 is 2.25 bits per heavy atom. The number of carboxylic acids is 1. The van der Waals surface area contributed by atoms with E-state index in [1.165, 1.54) is 23.5 Å². The van der Waals surface area contributed by atoms with Crippen molar-refractivity contribution in [2.24, 2.45) is 0 Å². The average Bonchev–Trinajstić information content (AvgIpc) is 3.81. The van der Waals surface area contributed by atoms with Crippen molar-refractivity contribution in [1.82, 2.24) is 4.58 Å². The topological polar surface area (TPSA) is 200 Å². The number of carboxylic acid groups (broad SMARTS) is 1. The zero-order valence-corrected chi connectivity index (χ0v) is 36.3. The van der Waals surface area contributed by atoms with Gasteiger partial charge in [0, 0.05) is 75.5 Å². The van der Waals surface area contributed by atoms with Crippen LogP contribution in [-0.2, 0) is 45.5 Å². The van der Waals surface area contributed by atoms with E-state index in [2.05, 4.69) is 5.04 Å². The van der Waals surface area contributed by atoms with Gasteiger partial charge in [-0.2, -0.15) is 16.8 Å². The molecule has 5 heterocycles. The Bertz CT molecular complexity index is 3070. The molecule has 3 aromatic carbocycles. The van der Waals surface area contributed by atoms with Gasteiger partial charge in [0.2, 0.25) is 5.36 Å². The molecule has 0 saturated heterocycles. The molecule has 310 valence electrons. The molecule has 0 fully saturated rings. The Labute approximate surface area is 351 Å². The predicted octanol–water partition coefficient (Wildman–Crippen LogP) is 6.93. The van der Waals surface area contributed by atoms with Crippen molar-refractivity contribution in [2.45, 2.75) is 57.0 Å². The molecule has 0 radical (unpaired) electrons. The maximum absolute atomic E-state index is 17.2. The van der Waals surface area contributed by atoms with Gasteiger partial charge in [-0.3, -0.25) is 13.9 Å². The number of hydrogen-bond donors (Lipinski definition) is 4. The lowest BCUT2D eigenvalue weighted by molar-refractivity contribution is -0.432. The first kappa shape index (κ1) is 41.8. The summed E-state index contributed by atoms with van der Waals surface area (Å²) in [5.74, 6) is -4.83. The number of rotatable bonds is 9. The molecule has 0 amide bonds. The molecule has 0 bridgehead atoms. The number of halogens is 2. The van der Waals surface area contributed by atoms with Crippen molar-refractivity contribution in [3.05, 3.63) is 86.9 Å². The highest BCUT2D eigenvalue weighted by molar-refractivity contribution is 8.00. The first-order valence-corrected chi connectivity index (χ1v) is 23.4. The number of aliphatic carboxylic acids is 1. The van der Waals surface area contributed by atoms with Gasteiger partial charge in [-0.05, 0) is 49.7 Å². The summed E-state index contributed by atoms with van der Waals surface area (Å²) < 4.78 is 119. The highest BCUT2D eigenvalue weighted by Crippen LogP contribution is 2.55. The minimum atomic E-state index is -5.55. The number of nitrogens with zero attached hydrogens (tertiary/aromatic N) is 2. The number of carbonyl (C=O) groups is 1. The van der Waals surface area contributed by atoms with Crippen molar-refractivity contribution < 1.29 is 64.0 Å². The first-order chi connectivity index (χ1) is 27.5. The molecule has 3 aliphatic rings. The number of fused-ring (bicyclic) bond motifs is 8. The molecule has 0 unspecified atom stereocenters. The molecule has 5 aromatic rings. The second-order valence-corrected chi connectivity index (χ2v) is 21.9. The number of ether oxygens (including phenoxy) is 1. The molecule has 22 heteroatoms. The smallest absolute Gasteiger partial charge is 0.313 e. The summed E-state index contributed by atoms with van der Waals surface area (Å²) in [6.45, 7) is 7.63. The Balaban J connectivity index is 1.55. The summed E-state index contributed by atoms with van der Waals surface area (Å²) in [5, 5.41) is 22.6. The zero-order chi connectivity index (χ0) is 42.9. The van der Waals surface area contributed by atoms with Crippen LogP contribution >= 0.6 is 46.5 Å². The van der Waals surface area contributed by atoms with Crippen molar-refractivity contribution in [3.8, 4) is 32.4 Å². The monoisotopic (exact) mass is 925 g/mol. The molecular formula is C37H31F2N2O12S6+. The number of thioether (sulfide) groups is 1. The third kappa shape index (κ3) is 6.59. The van der Waals surface area contributed by atoms with E-state index in [4.69, 9.17) is 14.3 Å². The van der Waals surface area contributed by atoms with Crippen molar-refractivity contribution in [1.29, 1.82) is 0 Å². The fraction of sp³-hybridized carbons (Fsp3) is 0.243. The van der Waals surface area contributed by atoms with Crippen LogP contribution in [-0.4, -0.2) is 62.1 Å². The van der Waals surface area contributed by atoms with Gasteiger partial charge in [-0.15, -0.1) is 38.8 Å². The third-order valence-electron chi connectivity index (χ3n) is 11.0. The Hall–Kier alpha value is -3.94. The van der Waals surface area contributed by atoms with E-state index in [9.17, 15) is 35.8 Å². The van der Waals surface area contributed by atoms with Gasteiger partial charge in [0.15, 0.2) is 5.54 Å². The van der Waals surface area contributed by atoms with E-state index >= 15 is 8.78 Å². The average molecular weight is 926 g/mol. The summed E-state index contributed by atoms with van der Waals surface area (Å²) in [5.41, 5.74) is 0.295. The quantitative estimate of drug-likeness (QED) is 0.0290. The summed E-state index contributed by atoms with van der Waals surface area (Å²) >= 11 is 3.19. The van der Waals surface area contributed by atoms with Crippen LogP contribution in [0.3, 0.4) is 0 Å². The van der Waals surface area contributed by atoms with Crippen LogP contribution in [0.25, 0.3) is 26.5 Å². The molecule has 0 atom stereocenters. The number of anilines is 1. The molecule has 14 nitrogen and oxygen atoms in total. The number of hydrogen-bond acceptors (Lipinski definition) is 14. The van der Waals surface area contributed by atoms with Crippen LogP contribution in [0, 0.1) is 11.6 Å². The summed E-state index contributed by atoms with van der Waals surface area (Å²) in [6.07, 6.45) is 0. The molecular weight excluding hydrogens is 895 g/mol. The van der Waals surface area contributed by atoms with Crippen LogP contribution in [0.1, 0.15) is 49.9 Å². The highest BCUT2D eigenvalue weighted by Gasteiger charge is 2.43. The Morgan fingerprint density at radius 2 is 1.61 bits per heavy atom. The molecule has 2 aromatic heterocycles. The van der Waals surface area contributed by atoms with Crippen molar-refractivity contribution in [2.75, 3.05) is 24.7 Å². The Kier molecular flexibility index (Phi) is 9.95. The van der Waals surface area contributed by atoms with E-state index in [1.807, 2.05) is 50.3 Å². The van der Waals surface area contributed by atoms with Crippen LogP contribution in [0.2, 0.25) is 0 Å². The fourth-order valence-corrected chi connectivity index (χ4v) is 12.9. The van der Waals surface area contributed by atoms with Crippen LogP contribution in [0.5, 0.6) is 11.5 Å². The molecule has 8 rings (SSSR count). The van der Waals surface area contributed by atoms with Gasteiger partial charge in [0.05, 0.1) is 44.1 Å². The van der Waals surface area contributed by atoms with E-state index in [0.717, 1.165) is 28.9 Å². The maximum Gasteiger partial charge on any atom is 0.313 e. The highest BCUT2D eigenvalue weighted by atomic mass is 32.3. The SMILES string of the molecule is CN1c2cc3c(cc2-c2sc(SOOO)cc2C1(C)C)C(c1c(F)c(SCC(=O)O)cc(F)c1S(=O)(=O)O)=c1cc2c(cc1O3)=[N+](C)C(C)(C)c1cc(S(=O)(=O)O)sc1-2. The zero-order valence-electron chi connectivity index (χ0n) is 31.4. The predicted molar refractivity (Wildman–Crippen MR) is 217 cm³/mol. The minimum absolute atomic E-state index is 0.0151. The molecule has 0 saturated carbocycles. The molecule has 4 N–H and O–H groups in total. The summed E-state index contributed by atoms with van der Waals surface area (Å²) in [4.78, 5) is 12.7. The second kappa shape index (κ2) is 14.1. The standard InChI is InChI=1S/C37H30F2N2O12S6/c1-36(2)19-9-28(57-53-52-44)55-33(19)15-7-17-24(12-22(15)40(36)5)51-25-13-23-16(34-20(37(3,4)41(23)6)10-29(56-34)58(45,46)47)8-18(25)30(17)31-32(39)26(54-14-27(42)43)11-21(38)35(31)59(48,49)50/h7-13H,14H2,1-6H3,(H3-,42,43,44,45,46,47,48,49,50)/p+1. The van der Waals surface area contributed by atoms with E-state index in [-0.39, 0.29) is 32.1 Å². The van der Waals surface area contributed by atoms with Crippen LogP contribution < -0.4 is 24.8 Å². The van der Waals surface area contributed by atoms with E-state index in [0.29, 0.717) is 59.5 Å². The maximum atomic E-state index is 17.2. The van der Waals surface area contributed by atoms with Crippen molar-refractivity contribution in [3.63, 3.8) is 0 Å². The van der Waals surface area contributed by atoms with Crippen molar-refractivity contribution >= 4 is 83.9 Å². The molecule has 0 spiro atoms. The van der Waals surface area contributed by atoms with Crippen LogP contribution in [0.15, 0.2) is 60.7 Å². The lowest BCUT2D eigenvalue weighted by Gasteiger charge is -2.43. The van der Waals surface area contributed by atoms with Gasteiger partial charge >= 0.3 is 16.1 Å². The van der Waals surface area contributed by atoms with Gasteiger partial charge in [-0.1, -0.05) is 5.04 Å². The third-order valence-corrected chi connectivity index (χ3v) is 17.2. The van der Waals surface area contributed by atoms with Crippen LogP contribution in [0.4, 0.5) is 14.5 Å². The minimum Gasteiger partial charge on any atom is -0.481 e. The molecule has 0 aliphatic carbocycles. The second-order valence-electron chi connectivity index (χ2n) is 14.8. The van der Waals surface area contributed by atoms with E-state index in [1.54, 1.807) is 25.2 Å². The Morgan fingerprint density at radius 1 is 0.915 bits per heavy atom. The normalized spacial score (nSPS) is 16.1. The van der Waals surface area contributed by atoms with Gasteiger partial charge < -0.3 is 14.7 Å².